The predicted molar refractivity (Wildman–Crippen MR) is 73.6 cm³/mol. The van der Waals surface area contributed by atoms with Crippen LogP contribution in [-0.4, -0.2) is 20.4 Å². The fourth-order valence-electron chi connectivity index (χ4n) is 2.25. The molecule has 0 saturated heterocycles. The quantitative estimate of drug-likeness (QED) is 0.625. The van der Waals surface area contributed by atoms with Crippen LogP contribution < -0.4 is 5.32 Å². The van der Waals surface area contributed by atoms with Crippen LogP contribution >= 0.6 is 0 Å². The second kappa shape index (κ2) is 5.65. The molecule has 0 fully saturated rings. The number of nitrogens with one attached hydrogen (secondary N) is 1. The molecule has 17 heavy (non-hydrogen) atoms. The SMILES string of the molecule is COCNCC(C)(C)c1ccc(C)c(C)c1C. The van der Waals surface area contributed by atoms with Gasteiger partial charge >= 0.3 is 0 Å². The molecule has 0 aliphatic rings. The highest BCUT2D eigenvalue weighted by Gasteiger charge is 2.22. The van der Waals surface area contributed by atoms with Crippen molar-refractivity contribution in [3.05, 3.63) is 34.4 Å². The van der Waals surface area contributed by atoms with Gasteiger partial charge in [-0.15, -0.1) is 0 Å². The summed E-state index contributed by atoms with van der Waals surface area (Å²) in [5.74, 6) is 0. The minimum absolute atomic E-state index is 0.126. The van der Waals surface area contributed by atoms with Gasteiger partial charge in [0.1, 0.15) is 0 Å². The van der Waals surface area contributed by atoms with E-state index in [1.54, 1.807) is 7.11 Å². The summed E-state index contributed by atoms with van der Waals surface area (Å²) < 4.78 is 5.04. The van der Waals surface area contributed by atoms with Crippen LogP contribution in [0.1, 0.15) is 36.1 Å². The van der Waals surface area contributed by atoms with Crippen molar-refractivity contribution in [1.29, 1.82) is 0 Å². The third kappa shape index (κ3) is 3.30. The Kier molecular flexibility index (Phi) is 4.72. The van der Waals surface area contributed by atoms with Crippen LogP contribution in [0.15, 0.2) is 12.1 Å². The molecule has 96 valence electrons. The molecule has 0 bridgehead atoms. The average molecular weight is 235 g/mol. The van der Waals surface area contributed by atoms with Gasteiger partial charge in [-0.1, -0.05) is 26.0 Å². The molecule has 0 radical (unpaired) electrons. The van der Waals surface area contributed by atoms with Crippen molar-refractivity contribution in [3.63, 3.8) is 0 Å². The average Bonchev–Trinajstić information content (AvgIpc) is 2.26. The Bertz CT molecular complexity index is 383. The van der Waals surface area contributed by atoms with Gasteiger partial charge in [-0.3, -0.25) is 5.32 Å². The van der Waals surface area contributed by atoms with E-state index in [-0.39, 0.29) is 5.41 Å². The summed E-state index contributed by atoms with van der Waals surface area (Å²) in [6.45, 7) is 12.7. The first-order valence-corrected chi connectivity index (χ1v) is 6.17. The maximum absolute atomic E-state index is 5.04. The zero-order chi connectivity index (χ0) is 13.1. The standard InChI is InChI=1S/C15H25NO/c1-11-7-8-14(13(3)12(11)2)15(4,5)9-16-10-17-6/h7-8,16H,9-10H2,1-6H3. The lowest BCUT2D eigenvalue weighted by molar-refractivity contribution is 0.169. The van der Waals surface area contributed by atoms with E-state index in [9.17, 15) is 0 Å². The van der Waals surface area contributed by atoms with Crippen molar-refractivity contribution < 1.29 is 4.74 Å². The van der Waals surface area contributed by atoms with Gasteiger partial charge in [0, 0.05) is 19.1 Å². The third-order valence-corrected chi connectivity index (χ3v) is 3.60. The van der Waals surface area contributed by atoms with Crippen LogP contribution in [0.25, 0.3) is 0 Å². The number of rotatable bonds is 5. The molecule has 0 spiro atoms. The van der Waals surface area contributed by atoms with Crippen LogP contribution in [0, 0.1) is 20.8 Å². The summed E-state index contributed by atoms with van der Waals surface area (Å²) in [5.41, 5.74) is 5.73. The lowest BCUT2D eigenvalue weighted by atomic mass is 9.80. The highest BCUT2D eigenvalue weighted by atomic mass is 16.5. The van der Waals surface area contributed by atoms with Crippen molar-refractivity contribution in [1.82, 2.24) is 5.32 Å². The highest BCUT2D eigenvalue weighted by Crippen LogP contribution is 2.28. The second-order valence-corrected chi connectivity index (χ2v) is 5.42. The highest BCUT2D eigenvalue weighted by molar-refractivity contribution is 5.42. The Morgan fingerprint density at radius 2 is 1.76 bits per heavy atom. The van der Waals surface area contributed by atoms with Crippen molar-refractivity contribution in [2.45, 2.75) is 40.0 Å². The van der Waals surface area contributed by atoms with E-state index in [4.69, 9.17) is 4.74 Å². The maximum atomic E-state index is 5.04. The van der Waals surface area contributed by atoms with Crippen LogP contribution in [-0.2, 0) is 10.2 Å². The number of methoxy groups -OCH3 is 1. The van der Waals surface area contributed by atoms with E-state index in [0.29, 0.717) is 6.73 Å². The predicted octanol–water partition coefficient (Wildman–Crippen LogP) is 3.08. The van der Waals surface area contributed by atoms with E-state index in [0.717, 1.165) is 6.54 Å². The van der Waals surface area contributed by atoms with Crippen LogP contribution in [0.2, 0.25) is 0 Å². The minimum Gasteiger partial charge on any atom is -0.370 e. The summed E-state index contributed by atoms with van der Waals surface area (Å²) in [7, 11) is 1.71. The fourth-order valence-corrected chi connectivity index (χ4v) is 2.25. The van der Waals surface area contributed by atoms with E-state index < -0.39 is 0 Å². The minimum atomic E-state index is 0.126. The smallest absolute Gasteiger partial charge is 0.0961 e. The van der Waals surface area contributed by atoms with Gasteiger partial charge in [0.05, 0.1) is 6.73 Å². The molecule has 2 heteroatoms. The molecule has 1 N–H and O–H groups in total. The molecule has 0 atom stereocenters. The Labute approximate surface area is 105 Å². The molecule has 1 aromatic carbocycles. The third-order valence-electron chi connectivity index (χ3n) is 3.60. The Hall–Kier alpha value is -0.860. The summed E-state index contributed by atoms with van der Waals surface area (Å²) >= 11 is 0. The van der Waals surface area contributed by atoms with E-state index in [1.165, 1.54) is 22.3 Å². The first kappa shape index (κ1) is 14.2. The molecule has 0 heterocycles. The summed E-state index contributed by atoms with van der Waals surface area (Å²) in [6, 6.07) is 4.47. The lowest BCUT2D eigenvalue weighted by Gasteiger charge is -2.28. The van der Waals surface area contributed by atoms with E-state index >= 15 is 0 Å². The van der Waals surface area contributed by atoms with Crippen molar-refractivity contribution >= 4 is 0 Å². The largest absolute Gasteiger partial charge is 0.370 e. The van der Waals surface area contributed by atoms with Crippen molar-refractivity contribution in [3.8, 4) is 0 Å². The number of aryl methyl sites for hydroxylation is 1. The lowest BCUT2D eigenvalue weighted by Crippen LogP contribution is -2.34. The zero-order valence-corrected chi connectivity index (χ0v) is 12.0. The maximum Gasteiger partial charge on any atom is 0.0961 e. The van der Waals surface area contributed by atoms with Crippen LogP contribution in [0.5, 0.6) is 0 Å². The molecule has 0 aliphatic heterocycles. The van der Waals surface area contributed by atoms with Gasteiger partial charge in [0.2, 0.25) is 0 Å². The summed E-state index contributed by atoms with van der Waals surface area (Å²) in [4.78, 5) is 0. The normalized spacial score (nSPS) is 11.9. The van der Waals surface area contributed by atoms with Crippen molar-refractivity contribution in [2.75, 3.05) is 20.4 Å². The van der Waals surface area contributed by atoms with E-state index in [1.807, 2.05) is 0 Å². The number of hydrogen-bond donors (Lipinski definition) is 1. The van der Waals surface area contributed by atoms with Gasteiger partial charge < -0.3 is 4.74 Å². The summed E-state index contributed by atoms with van der Waals surface area (Å²) in [6.07, 6.45) is 0. The number of ether oxygens (including phenoxy) is 1. The fraction of sp³-hybridized carbons (Fsp3) is 0.600. The molecule has 0 saturated carbocycles. The van der Waals surface area contributed by atoms with Gasteiger partial charge in [0.15, 0.2) is 0 Å². The topological polar surface area (TPSA) is 21.3 Å². The van der Waals surface area contributed by atoms with Gasteiger partial charge in [-0.25, -0.2) is 0 Å². The van der Waals surface area contributed by atoms with Crippen molar-refractivity contribution in [2.24, 2.45) is 0 Å². The molecule has 0 amide bonds. The van der Waals surface area contributed by atoms with Gasteiger partial charge in [0.25, 0.3) is 0 Å². The Morgan fingerprint density at radius 1 is 1.12 bits per heavy atom. The molecular formula is C15H25NO. The molecule has 1 aromatic rings. The molecule has 0 unspecified atom stereocenters. The zero-order valence-electron chi connectivity index (χ0n) is 12.0. The van der Waals surface area contributed by atoms with E-state index in [2.05, 4.69) is 52.1 Å². The van der Waals surface area contributed by atoms with Gasteiger partial charge in [-0.05, 0) is 43.0 Å². The first-order valence-electron chi connectivity index (χ1n) is 6.17. The molecule has 0 aliphatic carbocycles. The van der Waals surface area contributed by atoms with Crippen LogP contribution in [0.3, 0.4) is 0 Å². The first-order chi connectivity index (χ1) is 7.90. The van der Waals surface area contributed by atoms with Gasteiger partial charge in [-0.2, -0.15) is 0 Å². The van der Waals surface area contributed by atoms with Crippen LogP contribution in [0.4, 0.5) is 0 Å². The Morgan fingerprint density at radius 3 is 2.35 bits per heavy atom. The molecule has 2 nitrogen and oxygen atoms in total. The Balaban J connectivity index is 2.94. The molecular weight excluding hydrogens is 210 g/mol. The second-order valence-electron chi connectivity index (χ2n) is 5.42. The molecule has 0 aromatic heterocycles. The summed E-state index contributed by atoms with van der Waals surface area (Å²) in [5, 5.41) is 3.31. The monoisotopic (exact) mass is 235 g/mol. The number of benzene rings is 1. The molecule has 1 rings (SSSR count). The number of hydrogen-bond acceptors (Lipinski definition) is 2.